The van der Waals surface area contributed by atoms with Crippen LogP contribution in [0.4, 0.5) is 0 Å². The zero-order valence-electron chi connectivity index (χ0n) is 13.0. The molecule has 0 radical (unpaired) electrons. The van der Waals surface area contributed by atoms with Crippen molar-refractivity contribution in [2.24, 2.45) is 4.99 Å². The maximum Gasteiger partial charge on any atom is 0.222 e. The van der Waals surface area contributed by atoms with Gasteiger partial charge in [0.15, 0.2) is 5.96 Å². The van der Waals surface area contributed by atoms with Crippen LogP contribution >= 0.6 is 0 Å². The van der Waals surface area contributed by atoms with E-state index in [4.69, 9.17) is 0 Å². The Kier molecular flexibility index (Phi) is 6.48. The first kappa shape index (κ1) is 16.1. The molecular formula is C17H24N4O. The van der Waals surface area contributed by atoms with Gasteiger partial charge in [0.25, 0.3) is 0 Å². The van der Waals surface area contributed by atoms with E-state index in [1.807, 2.05) is 30.3 Å². The van der Waals surface area contributed by atoms with E-state index < -0.39 is 0 Å². The van der Waals surface area contributed by atoms with Crippen molar-refractivity contribution in [3.8, 4) is 0 Å². The summed E-state index contributed by atoms with van der Waals surface area (Å²) in [4.78, 5) is 16.0. The quantitative estimate of drug-likeness (QED) is 0.424. The lowest BCUT2D eigenvalue weighted by atomic mass is 10.2. The third kappa shape index (κ3) is 5.60. The lowest BCUT2D eigenvalue weighted by Crippen LogP contribution is -2.43. The Morgan fingerprint density at radius 3 is 2.59 bits per heavy atom. The Bertz CT molecular complexity index is 517. The lowest BCUT2D eigenvalue weighted by Gasteiger charge is -2.16. The van der Waals surface area contributed by atoms with Crippen molar-refractivity contribution in [2.45, 2.75) is 31.8 Å². The molecule has 1 aliphatic carbocycles. The zero-order valence-corrected chi connectivity index (χ0v) is 13.0. The molecule has 0 saturated carbocycles. The molecule has 0 aromatic heterocycles. The maximum absolute atomic E-state index is 11.8. The lowest BCUT2D eigenvalue weighted by molar-refractivity contribution is -0.121. The topological polar surface area (TPSA) is 65.5 Å². The molecule has 0 aliphatic heterocycles. The fourth-order valence-corrected chi connectivity index (χ4v) is 2.30. The minimum atomic E-state index is 0.0364. The highest BCUT2D eigenvalue weighted by Crippen LogP contribution is 2.08. The molecule has 3 N–H and O–H groups in total. The molecule has 1 aromatic carbocycles. The highest BCUT2D eigenvalue weighted by atomic mass is 16.1. The number of guanidine groups is 1. The normalized spacial score (nSPS) is 14.9. The van der Waals surface area contributed by atoms with Crippen molar-refractivity contribution in [2.75, 3.05) is 13.6 Å². The highest BCUT2D eigenvalue weighted by molar-refractivity contribution is 5.81. The van der Waals surface area contributed by atoms with E-state index in [9.17, 15) is 4.79 Å². The van der Waals surface area contributed by atoms with E-state index in [0.29, 0.717) is 25.6 Å². The standard InChI is InChI=1S/C17H24N4O/c1-18-17(21-15-9-5-6-10-15)19-12-11-16(22)20-13-14-7-3-2-4-8-14/h2-8,15H,9-13H2,1H3,(H,20,22)(H2,18,19,21). The second-order valence-corrected chi connectivity index (χ2v) is 5.30. The first-order valence-electron chi connectivity index (χ1n) is 7.70. The molecule has 0 heterocycles. The Hall–Kier alpha value is -2.30. The van der Waals surface area contributed by atoms with Crippen molar-refractivity contribution in [3.63, 3.8) is 0 Å². The van der Waals surface area contributed by atoms with Crippen molar-refractivity contribution in [3.05, 3.63) is 48.0 Å². The van der Waals surface area contributed by atoms with Gasteiger partial charge in [-0.3, -0.25) is 9.79 Å². The molecule has 5 heteroatoms. The SMILES string of the molecule is CN=C(NCCC(=O)NCc1ccccc1)NC1CC=CC1. The largest absolute Gasteiger partial charge is 0.356 e. The number of benzene rings is 1. The molecule has 1 aromatic rings. The van der Waals surface area contributed by atoms with Crippen LogP contribution in [0.5, 0.6) is 0 Å². The monoisotopic (exact) mass is 300 g/mol. The Morgan fingerprint density at radius 2 is 1.91 bits per heavy atom. The second kappa shape index (κ2) is 8.87. The maximum atomic E-state index is 11.8. The number of aliphatic imine (C=N–C) groups is 1. The predicted molar refractivity (Wildman–Crippen MR) is 89.6 cm³/mol. The van der Waals surface area contributed by atoms with E-state index >= 15 is 0 Å². The summed E-state index contributed by atoms with van der Waals surface area (Å²) in [6.45, 7) is 1.14. The third-order valence-corrected chi connectivity index (χ3v) is 3.55. The summed E-state index contributed by atoms with van der Waals surface area (Å²) in [6.07, 6.45) is 6.82. The number of carbonyl (C=O) groups excluding carboxylic acids is 1. The van der Waals surface area contributed by atoms with Gasteiger partial charge in [0.05, 0.1) is 0 Å². The van der Waals surface area contributed by atoms with Gasteiger partial charge < -0.3 is 16.0 Å². The third-order valence-electron chi connectivity index (χ3n) is 3.55. The van der Waals surface area contributed by atoms with Crippen LogP contribution in [-0.4, -0.2) is 31.5 Å². The van der Waals surface area contributed by atoms with E-state index in [2.05, 4.69) is 33.1 Å². The molecule has 0 atom stereocenters. The summed E-state index contributed by atoms with van der Waals surface area (Å²) in [7, 11) is 1.74. The van der Waals surface area contributed by atoms with Gasteiger partial charge in [0, 0.05) is 32.6 Å². The van der Waals surface area contributed by atoms with Crippen LogP contribution in [0.25, 0.3) is 0 Å². The summed E-state index contributed by atoms with van der Waals surface area (Å²) in [5, 5.41) is 9.43. The van der Waals surface area contributed by atoms with Crippen molar-refractivity contribution in [1.82, 2.24) is 16.0 Å². The number of hydrogen-bond donors (Lipinski definition) is 3. The number of carbonyl (C=O) groups is 1. The van der Waals surface area contributed by atoms with Crippen molar-refractivity contribution >= 4 is 11.9 Å². The minimum Gasteiger partial charge on any atom is -0.356 e. The first-order chi connectivity index (χ1) is 10.8. The number of amides is 1. The Morgan fingerprint density at radius 1 is 1.18 bits per heavy atom. The molecule has 0 saturated heterocycles. The molecule has 0 bridgehead atoms. The number of nitrogens with one attached hydrogen (secondary N) is 3. The van der Waals surface area contributed by atoms with Crippen LogP contribution in [0.1, 0.15) is 24.8 Å². The van der Waals surface area contributed by atoms with E-state index in [-0.39, 0.29) is 5.91 Å². The van der Waals surface area contributed by atoms with Gasteiger partial charge in [0.1, 0.15) is 0 Å². The molecule has 5 nitrogen and oxygen atoms in total. The average Bonchev–Trinajstić information content (AvgIpc) is 3.06. The smallest absolute Gasteiger partial charge is 0.222 e. The van der Waals surface area contributed by atoms with Gasteiger partial charge in [-0.2, -0.15) is 0 Å². The molecular weight excluding hydrogens is 276 g/mol. The predicted octanol–water partition coefficient (Wildman–Crippen LogP) is 1.58. The Labute approximate surface area is 131 Å². The van der Waals surface area contributed by atoms with Crippen LogP contribution in [0.3, 0.4) is 0 Å². The summed E-state index contributed by atoms with van der Waals surface area (Å²) in [6, 6.07) is 10.3. The molecule has 0 unspecified atom stereocenters. The summed E-state index contributed by atoms with van der Waals surface area (Å²) in [5.41, 5.74) is 1.11. The van der Waals surface area contributed by atoms with Crippen LogP contribution < -0.4 is 16.0 Å². The van der Waals surface area contributed by atoms with E-state index in [1.165, 1.54) is 0 Å². The Balaban J connectivity index is 1.61. The van der Waals surface area contributed by atoms with Gasteiger partial charge in [-0.05, 0) is 18.4 Å². The van der Waals surface area contributed by atoms with Gasteiger partial charge in [-0.15, -0.1) is 0 Å². The second-order valence-electron chi connectivity index (χ2n) is 5.30. The zero-order chi connectivity index (χ0) is 15.6. The van der Waals surface area contributed by atoms with Gasteiger partial charge >= 0.3 is 0 Å². The first-order valence-corrected chi connectivity index (χ1v) is 7.70. The fourth-order valence-electron chi connectivity index (χ4n) is 2.30. The van der Waals surface area contributed by atoms with Crippen LogP contribution in [0.2, 0.25) is 0 Å². The van der Waals surface area contributed by atoms with Crippen LogP contribution in [0, 0.1) is 0 Å². The van der Waals surface area contributed by atoms with E-state index in [0.717, 1.165) is 24.4 Å². The summed E-state index contributed by atoms with van der Waals surface area (Å²) >= 11 is 0. The summed E-state index contributed by atoms with van der Waals surface area (Å²) < 4.78 is 0. The minimum absolute atomic E-state index is 0.0364. The van der Waals surface area contributed by atoms with E-state index in [1.54, 1.807) is 7.05 Å². The van der Waals surface area contributed by atoms with Gasteiger partial charge in [0.2, 0.25) is 5.91 Å². The highest BCUT2D eigenvalue weighted by Gasteiger charge is 2.11. The molecule has 2 rings (SSSR count). The van der Waals surface area contributed by atoms with Crippen molar-refractivity contribution in [1.29, 1.82) is 0 Å². The van der Waals surface area contributed by atoms with Crippen LogP contribution in [-0.2, 0) is 11.3 Å². The number of hydrogen-bond acceptors (Lipinski definition) is 2. The number of rotatable bonds is 6. The molecule has 118 valence electrons. The van der Waals surface area contributed by atoms with Crippen molar-refractivity contribution < 1.29 is 4.79 Å². The molecule has 1 amide bonds. The van der Waals surface area contributed by atoms with Gasteiger partial charge in [-0.25, -0.2) is 0 Å². The molecule has 0 fully saturated rings. The van der Waals surface area contributed by atoms with Gasteiger partial charge in [-0.1, -0.05) is 42.5 Å². The number of nitrogens with zero attached hydrogens (tertiary/aromatic N) is 1. The molecule has 22 heavy (non-hydrogen) atoms. The fraction of sp³-hybridized carbons (Fsp3) is 0.412. The summed E-state index contributed by atoms with van der Waals surface area (Å²) in [5.74, 6) is 0.791. The molecule has 0 spiro atoms. The average molecular weight is 300 g/mol. The molecule has 1 aliphatic rings. The van der Waals surface area contributed by atoms with Crippen LogP contribution in [0.15, 0.2) is 47.5 Å².